The van der Waals surface area contributed by atoms with E-state index in [1.165, 1.54) is 20.3 Å². The lowest BCUT2D eigenvalue weighted by atomic mass is 10.7. The molecule has 0 aliphatic heterocycles. The highest BCUT2D eigenvalue weighted by Gasteiger charge is 1.92. The van der Waals surface area contributed by atoms with Gasteiger partial charge in [0.25, 0.3) is 0 Å². The number of thiazole rings is 1. The lowest BCUT2D eigenvalue weighted by Gasteiger charge is -1.70. The molecule has 0 aliphatic rings. The number of halogens is 2. The first-order chi connectivity index (χ1) is 4.83. The number of rotatable bonds is 0. The van der Waals surface area contributed by atoms with Gasteiger partial charge in [0.05, 0.1) is 6.20 Å². The summed E-state index contributed by atoms with van der Waals surface area (Å²) < 4.78 is 0.683. The van der Waals surface area contributed by atoms with Crippen LogP contribution in [0.2, 0.25) is 4.34 Å². The lowest BCUT2D eigenvalue weighted by Crippen LogP contribution is -1.63. The van der Waals surface area contributed by atoms with Gasteiger partial charge < -0.3 is 0 Å². The molecule has 0 N–H and O–H groups in total. The lowest BCUT2D eigenvalue weighted by molar-refractivity contribution is 1.39. The Labute approximate surface area is 84.2 Å². The van der Waals surface area contributed by atoms with Crippen LogP contribution >= 0.6 is 53.1 Å². The van der Waals surface area contributed by atoms with Crippen LogP contribution in [0.5, 0.6) is 0 Å². The summed E-state index contributed by atoms with van der Waals surface area (Å²) in [4.78, 5) is 3.95. The Hall–Kier alpha value is 0.560. The van der Waals surface area contributed by atoms with Crippen molar-refractivity contribution in [2.45, 2.75) is 0 Å². The van der Waals surface area contributed by atoms with E-state index in [1.54, 1.807) is 6.20 Å². The molecule has 0 fully saturated rings. The maximum Gasteiger partial charge on any atom is 0.169 e. The van der Waals surface area contributed by atoms with Gasteiger partial charge in [-0.3, -0.25) is 0 Å². The fourth-order valence-electron chi connectivity index (χ4n) is 0.375. The Balaban J connectivity index is 2.76. The van der Waals surface area contributed by atoms with Crippen LogP contribution in [0, 0.1) is 11.2 Å². The minimum Gasteiger partial charge on any atom is -0.235 e. The smallest absolute Gasteiger partial charge is 0.169 e. The van der Waals surface area contributed by atoms with Gasteiger partial charge in [-0.15, -0.1) is 0 Å². The maximum absolute atomic E-state index is 5.62. The van der Waals surface area contributed by atoms with Crippen LogP contribution in [0.3, 0.4) is 0 Å². The molecular weight excluding hydrogens is 301 g/mol. The van der Waals surface area contributed by atoms with E-state index in [-0.39, 0.29) is 0 Å². The molecule has 0 amide bonds. The highest BCUT2D eigenvalue weighted by molar-refractivity contribution is 14.2. The van der Waals surface area contributed by atoms with Crippen molar-refractivity contribution in [3.05, 3.63) is 15.5 Å². The predicted molar refractivity (Wildman–Crippen MR) is 55.6 cm³/mol. The van der Waals surface area contributed by atoms with Crippen molar-refractivity contribution in [3.8, 4) is 11.2 Å². The zero-order chi connectivity index (χ0) is 7.40. The van der Waals surface area contributed by atoms with Crippen LogP contribution < -0.4 is 0 Å². The van der Waals surface area contributed by atoms with Gasteiger partial charge in [-0.2, -0.15) is 0 Å². The van der Waals surface area contributed by atoms with Gasteiger partial charge in [-0.1, -0.05) is 22.9 Å². The second-order valence-corrected chi connectivity index (χ2v) is 4.62. The zero-order valence-corrected chi connectivity index (χ0v) is 9.14. The van der Waals surface area contributed by atoms with Gasteiger partial charge in [0.2, 0.25) is 0 Å². The molecule has 0 spiro atoms. The summed E-state index contributed by atoms with van der Waals surface area (Å²) in [6, 6.07) is 0. The highest BCUT2D eigenvalue weighted by Crippen LogP contribution is 2.17. The van der Waals surface area contributed by atoms with Gasteiger partial charge in [0.1, 0.15) is 4.34 Å². The molecule has 0 bridgehead atoms. The van der Waals surface area contributed by atoms with E-state index < -0.39 is 0 Å². The molecule has 0 unspecified atom stereocenters. The van der Waals surface area contributed by atoms with Crippen molar-refractivity contribution in [1.82, 2.24) is 4.98 Å². The van der Waals surface area contributed by atoms with E-state index in [1.807, 2.05) is 0 Å². The number of nitrogens with zero attached hydrogens (tertiary/aromatic N) is 1. The monoisotopic (exact) mass is 301 g/mol. The highest BCUT2D eigenvalue weighted by atomic mass is 127. The molecule has 0 saturated carbocycles. The molecule has 10 heavy (non-hydrogen) atoms. The van der Waals surface area contributed by atoms with Gasteiger partial charge in [-0.25, -0.2) is 4.98 Å². The van der Waals surface area contributed by atoms with Crippen molar-refractivity contribution >= 4 is 53.1 Å². The van der Waals surface area contributed by atoms with E-state index in [0.29, 0.717) is 4.34 Å². The van der Waals surface area contributed by atoms with E-state index >= 15 is 0 Å². The number of hydrogen-bond acceptors (Lipinski definition) is 3. The molecule has 5 heteroatoms. The van der Waals surface area contributed by atoms with Crippen molar-refractivity contribution in [1.29, 1.82) is 0 Å². The van der Waals surface area contributed by atoms with E-state index in [9.17, 15) is 0 Å². The molecule has 1 rings (SSSR count). The van der Waals surface area contributed by atoms with Crippen LogP contribution in [0.25, 0.3) is 0 Å². The molecule has 0 aromatic carbocycles. The van der Waals surface area contributed by atoms with Crippen LogP contribution in [-0.4, -0.2) is 4.98 Å². The van der Waals surface area contributed by atoms with Crippen molar-refractivity contribution in [3.63, 3.8) is 0 Å². The minimum absolute atomic E-state index is 0.683. The molecule has 0 atom stereocenters. The molecule has 1 aromatic heterocycles. The molecule has 1 aromatic rings. The summed E-state index contributed by atoms with van der Waals surface area (Å²) in [6.07, 6.45) is 1.61. The quantitative estimate of drug-likeness (QED) is 0.539. The Kier molecular flexibility index (Phi) is 3.84. The third kappa shape index (κ3) is 2.66. The van der Waals surface area contributed by atoms with Crippen LogP contribution in [0.1, 0.15) is 5.01 Å². The minimum atomic E-state index is 0.683. The summed E-state index contributed by atoms with van der Waals surface area (Å²) >= 11 is 9.12. The summed E-state index contributed by atoms with van der Waals surface area (Å²) in [7, 11) is 1.44. The van der Waals surface area contributed by atoms with Gasteiger partial charge in [-0.05, 0) is 20.1 Å². The van der Waals surface area contributed by atoms with Gasteiger partial charge >= 0.3 is 0 Å². The molecule has 52 valence electrons. The van der Waals surface area contributed by atoms with Crippen LogP contribution in [-0.2, 0) is 0 Å². The van der Waals surface area contributed by atoms with E-state index in [4.69, 9.17) is 11.6 Å². The van der Waals surface area contributed by atoms with Crippen LogP contribution in [0.15, 0.2) is 6.20 Å². The zero-order valence-electron chi connectivity index (χ0n) is 4.60. The molecule has 1 nitrogen and oxygen atoms in total. The van der Waals surface area contributed by atoms with Crippen molar-refractivity contribution < 1.29 is 0 Å². The third-order valence-electron chi connectivity index (χ3n) is 0.674. The molecule has 1 heterocycles. The normalized spacial score (nSPS) is 8.60. The number of hydrogen-bond donors (Lipinski definition) is 0. The first-order valence-corrected chi connectivity index (χ1v) is 6.78. The molecular formula is C5HClINS2. The third-order valence-corrected chi connectivity index (χ3v) is 2.54. The Morgan fingerprint density at radius 1 is 1.80 bits per heavy atom. The second kappa shape index (κ2) is 4.44. The van der Waals surface area contributed by atoms with Gasteiger partial charge in [0.15, 0.2) is 5.01 Å². The first kappa shape index (κ1) is 8.65. The van der Waals surface area contributed by atoms with E-state index in [0.717, 1.165) is 5.01 Å². The molecule has 0 radical (unpaired) electrons. The standard InChI is InChI=1S/C5HClINS2/c6-4-3-8-5(10-4)1-2-9-7/h3H. The summed E-state index contributed by atoms with van der Waals surface area (Å²) in [5.74, 6) is 2.84. The average Bonchev–Trinajstić information content (AvgIpc) is 2.31. The van der Waals surface area contributed by atoms with Crippen molar-refractivity contribution in [2.24, 2.45) is 0 Å². The van der Waals surface area contributed by atoms with Crippen molar-refractivity contribution in [2.75, 3.05) is 0 Å². The summed E-state index contributed by atoms with van der Waals surface area (Å²) in [6.45, 7) is 0. The largest absolute Gasteiger partial charge is 0.235 e. The summed E-state index contributed by atoms with van der Waals surface area (Å²) in [5.41, 5.74) is 0. The van der Waals surface area contributed by atoms with Crippen LogP contribution in [0.4, 0.5) is 0 Å². The predicted octanol–water partition coefficient (Wildman–Crippen LogP) is 3.19. The average molecular weight is 302 g/mol. The Morgan fingerprint density at radius 3 is 3.10 bits per heavy atom. The van der Waals surface area contributed by atoms with E-state index in [2.05, 4.69) is 37.4 Å². The first-order valence-electron chi connectivity index (χ1n) is 2.23. The second-order valence-electron chi connectivity index (χ2n) is 1.27. The fraction of sp³-hybridized carbons (Fsp3) is 0. The molecule has 0 aliphatic carbocycles. The number of aromatic nitrogens is 1. The topological polar surface area (TPSA) is 12.9 Å². The SMILES string of the molecule is Clc1cnc(C#CSI)s1. The maximum atomic E-state index is 5.62. The fourth-order valence-corrected chi connectivity index (χ4v) is 1.67. The Morgan fingerprint density at radius 2 is 2.60 bits per heavy atom. The Bertz CT molecular complexity index is 275. The van der Waals surface area contributed by atoms with Gasteiger partial charge in [0, 0.05) is 21.2 Å². The summed E-state index contributed by atoms with van der Waals surface area (Å²) in [5, 5.41) is 3.59. The molecule has 0 saturated heterocycles.